The van der Waals surface area contributed by atoms with Gasteiger partial charge in [0, 0.05) is 13.0 Å². The normalized spacial score (nSPS) is 22.1. The van der Waals surface area contributed by atoms with E-state index >= 15 is 0 Å². The van der Waals surface area contributed by atoms with Crippen molar-refractivity contribution in [3.05, 3.63) is 12.2 Å². The maximum absolute atomic E-state index is 13.8. The van der Waals surface area contributed by atoms with Crippen LogP contribution in [0.5, 0.6) is 0 Å². The zero-order chi connectivity index (χ0) is 32.6. The Morgan fingerprint density at radius 3 is 1.98 bits per heavy atom. The van der Waals surface area contributed by atoms with Crippen molar-refractivity contribution >= 4 is 34.3 Å². The number of ether oxygens (including phenoxy) is 1. The van der Waals surface area contributed by atoms with Gasteiger partial charge in [-0.3, -0.25) is 14.4 Å². The van der Waals surface area contributed by atoms with Crippen LogP contribution in [0.1, 0.15) is 109 Å². The molecule has 0 bridgehead atoms. The van der Waals surface area contributed by atoms with E-state index in [-0.39, 0.29) is 70.4 Å². The average molecular weight is 626 g/mol. The number of amides is 1. The van der Waals surface area contributed by atoms with Crippen LogP contribution in [0.2, 0.25) is 34.8 Å². The van der Waals surface area contributed by atoms with E-state index in [0.29, 0.717) is 6.42 Å². The third kappa shape index (κ3) is 10.4. The van der Waals surface area contributed by atoms with Crippen molar-refractivity contribution in [3.63, 3.8) is 0 Å². The highest BCUT2D eigenvalue weighted by atomic mass is 28.4. The molecule has 0 saturated carbocycles. The predicted octanol–water partition coefficient (Wildman–Crippen LogP) is 7.96. The first-order chi connectivity index (χ1) is 19.2. The third-order valence-electron chi connectivity index (χ3n) is 9.78. The van der Waals surface area contributed by atoms with Gasteiger partial charge in [-0.25, -0.2) is 0 Å². The van der Waals surface area contributed by atoms with E-state index in [2.05, 4.69) is 87.6 Å². The summed E-state index contributed by atoms with van der Waals surface area (Å²) in [7, 11) is -4.69. The summed E-state index contributed by atoms with van der Waals surface area (Å²) < 4.78 is 19.5. The maximum atomic E-state index is 13.8. The second-order valence-corrected chi connectivity index (χ2v) is 25.1. The summed E-state index contributed by atoms with van der Waals surface area (Å²) in [6.45, 7) is 29.9. The molecule has 1 heterocycles. The largest absolute Gasteiger partial charge is 0.518 e. The van der Waals surface area contributed by atoms with Gasteiger partial charge < -0.3 is 18.9 Å². The van der Waals surface area contributed by atoms with E-state index in [4.69, 9.17) is 13.6 Å². The molecule has 1 rings (SSSR count). The van der Waals surface area contributed by atoms with Crippen molar-refractivity contribution in [2.75, 3.05) is 6.54 Å². The fourth-order valence-corrected chi connectivity index (χ4v) is 12.7. The Balaban J connectivity index is 3.09. The Morgan fingerprint density at radius 1 is 0.952 bits per heavy atom. The lowest BCUT2D eigenvalue weighted by Gasteiger charge is -2.44. The van der Waals surface area contributed by atoms with Gasteiger partial charge in [-0.1, -0.05) is 75.3 Å². The minimum atomic E-state index is -2.43. The molecule has 0 aliphatic carbocycles. The molecule has 0 radical (unpaired) electrons. The first-order valence-electron chi connectivity index (χ1n) is 16.2. The molecule has 0 unspecified atom stereocenters. The first-order valence-corrected chi connectivity index (χ1v) is 21.2. The predicted molar refractivity (Wildman–Crippen MR) is 177 cm³/mol. The Bertz CT molecular complexity index is 902. The van der Waals surface area contributed by atoms with Gasteiger partial charge in [0.2, 0.25) is 5.91 Å². The van der Waals surface area contributed by atoms with Gasteiger partial charge in [0.15, 0.2) is 14.1 Å². The summed E-state index contributed by atoms with van der Waals surface area (Å²) in [4.78, 5) is 39.1. The van der Waals surface area contributed by atoms with Crippen LogP contribution in [0.15, 0.2) is 12.2 Å². The number of allylic oxidation sites excluding steroid dienone is 2. The molecule has 0 aromatic carbocycles. The van der Waals surface area contributed by atoms with Crippen molar-refractivity contribution in [1.82, 2.24) is 5.32 Å². The lowest BCUT2D eigenvalue weighted by atomic mass is 9.90. The molecule has 244 valence electrons. The molecule has 1 saturated heterocycles. The Kier molecular flexibility index (Phi) is 14.9. The average Bonchev–Trinajstić information content (AvgIpc) is 2.85. The van der Waals surface area contributed by atoms with Crippen LogP contribution in [0, 0.1) is 11.8 Å². The van der Waals surface area contributed by atoms with Crippen LogP contribution in [0.25, 0.3) is 0 Å². The quantitative estimate of drug-likeness (QED) is 0.147. The molecule has 9 heteroatoms. The number of carbonyl (C=O) groups excluding carboxylic acids is 3. The molecule has 7 nitrogen and oxygen atoms in total. The highest BCUT2D eigenvalue weighted by molar-refractivity contribution is 6.79. The minimum Gasteiger partial charge on any atom is -0.518 e. The second kappa shape index (κ2) is 16.1. The summed E-state index contributed by atoms with van der Waals surface area (Å²) in [6, 6.07) is 0. The molecule has 0 aromatic heterocycles. The summed E-state index contributed by atoms with van der Waals surface area (Å²) in [6.07, 6.45) is 4.69. The van der Waals surface area contributed by atoms with Crippen molar-refractivity contribution in [2.45, 2.75) is 162 Å². The molecular weight excluding hydrogens is 563 g/mol. The van der Waals surface area contributed by atoms with E-state index in [0.717, 1.165) is 12.8 Å². The number of hydrogen-bond donors (Lipinski definition) is 1. The zero-order valence-corrected chi connectivity index (χ0v) is 31.3. The number of carbonyl (C=O) groups is 3. The van der Waals surface area contributed by atoms with E-state index in [1.54, 1.807) is 12.2 Å². The van der Waals surface area contributed by atoms with Gasteiger partial charge >= 0.3 is 0 Å². The van der Waals surface area contributed by atoms with Gasteiger partial charge in [-0.2, -0.15) is 0 Å². The highest BCUT2D eigenvalue weighted by Gasteiger charge is 2.50. The van der Waals surface area contributed by atoms with Crippen molar-refractivity contribution in [2.24, 2.45) is 11.8 Å². The number of hydrogen-bond acceptors (Lipinski definition) is 6. The molecule has 1 amide bonds. The minimum absolute atomic E-state index is 0.0474. The van der Waals surface area contributed by atoms with Crippen LogP contribution in [0.3, 0.4) is 0 Å². The zero-order valence-electron chi connectivity index (χ0n) is 29.3. The molecule has 0 aromatic rings. The van der Waals surface area contributed by atoms with Crippen molar-refractivity contribution in [1.29, 1.82) is 0 Å². The van der Waals surface area contributed by atoms with Crippen LogP contribution in [-0.2, 0) is 28.0 Å². The van der Waals surface area contributed by atoms with Gasteiger partial charge in [0.25, 0.3) is 14.3 Å². The van der Waals surface area contributed by atoms with Crippen molar-refractivity contribution in [3.8, 4) is 0 Å². The van der Waals surface area contributed by atoms with E-state index in [1.807, 2.05) is 13.8 Å². The van der Waals surface area contributed by atoms with E-state index in [1.165, 1.54) is 0 Å². The summed E-state index contributed by atoms with van der Waals surface area (Å²) in [5.41, 5.74) is 0.841. The topological polar surface area (TPSA) is 90.9 Å². The monoisotopic (exact) mass is 625 g/mol. The molecular formula is C33H63NO6Si2. The fourth-order valence-electron chi connectivity index (χ4n) is 6.08. The summed E-state index contributed by atoms with van der Waals surface area (Å²) in [5.74, 6) is -0.626. The standard InChI is InChI=1S/C33H63NO6Si2/c1-15-16-27(35)19-28-18-17-25(8)29(38-28)20-31(36)34-21-30(39-41(13,14)33(10,11)12)26(9)32(37)40-42(22(2)3,23(4)5)24(6)7/h15-16,22-26,28-30H,17-21H2,1-14H3,(H,34,36)/b16-15+/t25-,26-,28-,29+,30-/m0/s1. The first kappa shape index (κ1) is 38.7. The molecule has 1 aliphatic rings. The molecule has 0 spiro atoms. The molecule has 1 N–H and O–H groups in total. The van der Waals surface area contributed by atoms with E-state index < -0.39 is 28.7 Å². The van der Waals surface area contributed by atoms with Crippen LogP contribution < -0.4 is 5.32 Å². The third-order valence-corrected chi connectivity index (χ3v) is 20.3. The molecule has 42 heavy (non-hydrogen) atoms. The van der Waals surface area contributed by atoms with Crippen LogP contribution in [0.4, 0.5) is 0 Å². The van der Waals surface area contributed by atoms with Crippen LogP contribution >= 0.6 is 0 Å². The Morgan fingerprint density at radius 2 is 1.50 bits per heavy atom. The lowest BCUT2D eigenvalue weighted by Crippen LogP contribution is -2.54. The molecule has 5 atom stereocenters. The molecule has 1 aliphatic heterocycles. The second-order valence-electron chi connectivity index (χ2n) is 15.0. The van der Waals surface area contributed by atoms with Crippen molar-refractivity contribution < 1.29 is 28.0 Å². The SMILES string of the molecule is C/C=C/C(=O)C[C@@H]1CC[C@H](C)[C@@H](CC(=O)NC[C@H](O[Si](C)(C)C(C)(C)C)[C@H](C)C(=O)O[Si](C(C)C)(C(C)C)C(C)C)O1. The van der Waals surface area contributed by atoms with Gasteiger partial charge in [-0.15, -0.1) is 0 Å². The summed E-state index contributed by atoms with van der Waals surface area (Å²) >= 11 is 0. The Hall–Kier alpha value is -1.30. The van der Waals surface area contributed by atoms with E-state index in [9.17, 15) is 14.4 Å². The smallest absolute Gasteiger partial charge is 0.298 e. The lowest BCUT2D eigenvalue weighted by molar-refractivity contribution is -0.144. The fraction of sp³-hybridized carbons (Fsp3) is 0.848. The van der Waals surface area contributed by atoms with Crippen LogP contribution in [-0.4, -0.2) is 59.2 Å². The number of nitrogens with one attached hydrogen (secondary N) is 1. The Labute approximate surface area is 259 Å². The van der Waals surface area contributed by atoms with Gasteiger partial charge in [0.1, 0.15) is 0 Å². The number of ketones is 1. The highest BCUT2D eigenvalue weighted by Crippen LogP contribution is 2.43. The van der Waals surface area contributed by atoms with Gasteiger partial charge in [-0.05, 0) is 73.4 Å². The number of rotatable bonds is 15. The van der Waals surface area contributed by atoms with Gasteiger partial charge in [0.05, 0.1) is 30.7 Å². The molecule has 1 fully saturated rings. The summed E-state index contributed by atoms with van der Waals surface area (Å²) in [5, 5.41) is 3.01. The maximum Gasteiger partial charge on any atom is 0.298 e.